The number of hydrogen-bond acceptors (Lipinski definition) is 5. The highest BCUT2D eigenvalue weighted by molar-refractivity contribution is 6.76. The van der Waals surface area contributed by atoms with Gasteiger partial charge in [-0.15, -0.1) is 0 Å². The van der Waals surface area contributed by atoms with Gasteiger partial charge in [-0.3, -0.25) is 0 Å². The van der Waals surface area contributed by atoms with Crippen LogP contribution in [0.2, 0.25) is 25.7 Å². The van der Waals surface area contributed by atoms with Gasteiger partial charge in [-0.05, 0) is 43.0 Å². The van der Waals surface area contributed by atoms with E-state index in [1.165, 1.54) is 0 Å². The topological polar surface area (TPSA) is 68.6 Å². The van der Waals surface area contributed by atoms with Crippen molar-refractivity contribution in [1.82, 2.24) is 14.5 Å². The first kappa shape index (κ1) is 28.5. The van der Waals surface area contributed by atoms with Crippen LogP contribution in [0.1, 0.15) is 43.2 Å². The van der Waals surface area contributed by atoms with Crippen LogP contribution < -0.4 is 5.32 Å². The number of ether oxygens (including phenoxy) is 2. The molecule has 2 aliphatic rings. The lowest BCUT2D eigenvalue weighted by molar-refractivity contribution is 0.0696. The van der Waals surface area contributed by atoms with Crippen LogP contribution in [0, 0.1) is 0 Å². The summed E-state index contributed by atoms with van der Waals surface area (Å²) in [6.45, 7) is 10.5. The standard InChI is InChI=1S/C30H40F2N4O3Si/c1-21-10-11-23(17-36(21)29(37)39-19-22-8-6-5-7-9-22)34-26-12-13-33-28-27(26)24(25-16-30(25,31)32)18-35(28)20-38-14-15-40(2,3)4/h5-9,12-13,18,21,23,25H,10-11,14-17,19-20H2,1-4H3,(H,33,34)/t21-,23+,25?/m0/s1. The van der Waals surface area contributed by atoms with Gasteiger partial charge in [0.15, 0.2) is 0 Å². The SMILES string of the molecule is C[C@H]1CC[C@@H](Nc2ccnc3c2c(C2CC2(F)F)cn3COCC[Si](C)(C)C)CN1C(=O)OCc1ccccc1. The quantitative estimate of drug-likeness (QED) is 0.209. The van der Waals surface area contributed by atoms with Crippen molar-refractivity contribution < 1.29 is 23.0 Å². The normalized spacial score (nSPS) is 22.4. The van der Waals surface area contributed by atoms with Crippen LogP contribution in [0.15, 0.2) is 48.8 Å². The molecule has 0 radical (unpaired) electrons. The molecule has 3 aromatic rings. The van der Waals surface area contributed by atoms with Crippen LogP contribution in [0.25, 0.3) is 11.0 Å². The molecule has 2 aromatic heterocycles. The van der Waals surface area contributed by atoms with Gasteiger partial charge in [0.1, 0.15) is 19.0 Å². The Balaban J connectivity index is 1.32. The summed E-state index contributed by atoms with van der Waals surface area (Å²) in [6, 6.07) is 12.5. The molecule has 0 spiro atoms. The fraction of sp³-hybridized carbons (Fsp3) is 0.533. The lowest BCUT2D eigenvalue weighted by Crippen LogP contribution is -2.49. The number of aromatic nitrogens is 2. The summed E-state index contributed by atoms with van der Waals surface area (Å²) in [7, 11) is -1.24. The number of nitrogens with one attached hydrogen (secondary N) is 1. The van der Waals surface area contributed by atoms with Crippen molar-refractivity contribution in [1.29, 1.82) is 0 Å². The van der Waals surface area contributed by atoms with Gasteiger partial charge in [0, 0.05) is 63.2 Å². The number of piperidine rings is 1. The van der Waals surface area contributed by atoms with Crippen molar-refractivity contribution in [2.75, 3.05) is 18.5 Å². The van der Waals surface area contributed by atoms with Crippen LogP contribution in [-0.4, -0.2) is 59.8 Å². The average Bonchev–Trinajstić information content (AvgIpc) is 3.39. The number of halogens is 2. The van der Waals surface area contributed by atoms with E-state index in [0.717, 1.165) is 35.5 Å². The first-order valence-electron chi connectivity index (χ1n) is 14.2. The molecule has 1 aromatic carbocycles. The molecule has 7 nitrogen and oxygen atoms in total. The minimum Gasteiger partial charge on any atom is -0.445 e. The summed E-state index contributed by atoms with van der Waals surface area (Å²) >= 11 is 0. The number of pyridine rings is 1. The molecule has 1 unspecified atom stereocenters. The molecule has 5 rings (SSSR count). The Kier molecular flexibility index (Phi) is 8.19. The molecular formula is C30H40F2N4O3Si. The molecule has 1 aliphatic carbocycles. The summed E-state index contributed by atoms with van der Waals surface area (Å²) in [4.78, 5) is 19.3. The van der Waals surface area contributed by atoms with E-state index < -0.39 is 19.9 Å². The van der Waals surface area contributed by atoms with E-state index in [2.05, 4.69) is 29.9 Å². The number of alkyl halides is 2. The van der Waals surface area contributed by atoms with Crippen LogP contribution in [0.4, 0.5) is 19.3 Å². The highest BCUT2D eigenvalue weighted by atomic mass is 28.3. The number of fused-ring (bicyclic) bond motifs is 1. The predicted molar refractivity (Wildman–Crippen MR) is 156 cm³/mol. The molecule has 3 heterocycles. The Morgan fingerprint density at radius 3 is 2.62 bits per heavy atom. The smallest absolute Gasteiger partial charge is 0.410 e. The number of anilines is 1. The van der Waals surface area contributed by atoms with Crippen LogP contribution in [-0.2, 0) is 22.8 Å². The second kappa shape index (κ2) is 11.5. The van der Waals surface area contributed by atoms with Gasteiger partial charge in [-0.1, -0.05) is 50.0 Å². The maximum absolute atomic E-state index is 14.3. The third kappa shape index (κ3) is 6.66. The summed E-state index contributed by atoms with van der Waals surface area (Å²) in [5, 5.41) is 4.29. The molecular weight excluding hydrogens is 530 g/mol. The second-order valence-corrected chi connectivity index (χ2v) is 18.1. The van der Waals surface area contributed by atoms with Crippen molar-refractivity contribution in [2.24, 2.45) is 0 Å². The Morgan fingerprint density at radius 1 is 1.18 bits per heavy atom. The van der Waals surface area contributed by atoms with E-state index in [4.69, 9.17) is 9.47 Å². The number of carbonyl (C=O) groups is 1. The average molecular weight is 571 g/mol. The minimum atomic E-state index is -2.70. The number of carbonyl (C=O) groups excluding carboxylic acids is 1. The van der Waals surface area contributed by atoms with E-state index in [0.29, 0.717) is 24.4 Å². The summed E-state index contributed by atoms with van der Waals surface area (Å²) in [6.07, 6.45) is 4.66. The number of rotatable bonds is 10. The predicted octanol–water partition coefficient (Wildman–Crippen LogP) is 7.07. The summed E-state index contributed by atoms with van der Waals surface area (Å²) in [5.41, 5.74) is 2.94. The zero-order valence-electron chi connectivity index (χ0n) is 23.8. The zero-order chi connectivity index (χ0) is 28.5. The number of benzene rings is 1. The molecule has 0 bridgehead atoms. The molecule has 1 aliphatic heterocycles. The maximum atomic E-state index is 14.3. The second-order valence-electron chi connectivity index (χ2n) is 12.4. The Bertz CT molecular complexity index is 1330. The molecule has 1 saturated carbocycles. The number of hydrogen-bond donors (Lipinski definition) is 1. The van der Waals surface area contributed by atoms with Gasteiger partial charge >= 0.3 is 6.09 Å². The van der Waals surface area contributed by atoms with E-state index in [1.54, 1.807) is 17.3 Å². The van der Waals surface area contributed by atoms with Crippen LogP contribution >= 0.6 is 0 Å². The molecule has 40 heavy (non-hydrogen) atoms. The largest absolute Gasteiger partial charge is 0.445 e. The van der Waals surface area contributed by atoms with Gasteiger partial charge in [-0.25, -0.2) is 18.6 Å². The summed E-state index contributed by atoms with van der Waals surface area (Å²) in [5.74, 6) is -3.52. The van der Waals surface area contributed by atoms with Crippen molar-refractivity contribution in [3.8, 4) is 0 Å². The highest BCUT2D eigenvalue weighted by Gasteiger charge is 2.58. The number of nitrogens with zero attached hydrogens (tertiary/aromatic N) is 3. The lowest BCUT2D eigenvalue weighted by Gasteiger charge is -2.38. The van der Waals surface area contributed by atoms with Gasteiger partial charge in [0.2, 0.25) is 0 Å². The minimum absolute atomic E-state index is 0.0463. The first-order valence-corrected chi connectivity index (χ1v) is 17.9. The maximum Gasteiger partial charge on any atom is 0.410 e. The van der Waals surface area contributed by atoms with Gasteiger partial charge in [0.05, 0.1) is 5.92 Å². The third-order valence-electron chi connectivity index (χ3n) is 7.90. The van der Waals surface area contributed by atoms with Crippen molar-refractivity contribution in [2.45, 2.75) is 89.1 Å². The van der Waals surface area contributed by atoms with Crippen molar-refractivity contribution >= 4 is 30.9 Å². The van der Waals surface area contributed by atoms with E-state index in [1.807, 2.05) is 47.9 Å². The highest BCUT2D eigenvalue weighted by Crippen LogP contribution is 2.57. The molecule has 10 heteroatoms. The summed E-state index contributed by atoms with van der Waals surface area (Å²) < 4.78 is 42.0. The number of amides is 1. The third-order valence-corrected chi connectivity index (χ3v) is 9.60. The molecule has 1 N–H and O–H groups in total. The van der Waals surface area contributed by atoms with Crippen molar-refractivity contribution in [3.05, 3.63) is 59.9 Å². The van der Waals surface area contributed by atoms with Gasteiger partial charge < -0.3 is 24.3 Å². The Hall–Kier alpha value is -2.98. The van der Waals surface area contributed by atoms with Crippen LogP contribution in [0.3, 0.4) is 0 Å². The molecule has 3 atom stereocenters. The van der Waals surface area contributed by atoms with E-state index >= 15 is 0 Å². The van der Waals surface area contributed by atoms with Gasteiger partial charge in [-0.2, -0.15) is 0 Å². The fourth-order valence-electron chi connectivity index (χ4n) is 5.32. The van der Waals surface area contributed by atoms with Crippen molar-refractivity contribution in [3.63, 3.8) is 0 Å². The molecule has 1 saturated heterocycles. The number of likely N-dealkylation sites (tertiary alicyclic amines) is 1. The zero-order valence-corrected chi connectivity index (χ0v) is 24.8. The van der Waals surface area contributed by atoms with Crippen LogP contribution in [0.5, 0.6) is 0 Å². The molecule has 216 valence electrons. The Morgan fingerprint density at radius 2 is 1.93 bits per heavy atom. The monoisotopic (exact) mass is 570 g/mol. The van der Waals surface area contributed by atoms with E-state index in [-0.39, 0.29) is 37.9 Å². The van der Waals surface area contributed by atoms with E-state index in [9.17, 15) is 13.6 Å². The molecule has 1 amide bonds. The Labute approximate surface area is 235 Å². The first-order chi connectivity index (χ1) is 19.0. The fourth-order valence-corrected chi connectivity index (χ4v) is 6.08. The molecule has 2 fully saturated rings. The van der Waals surface area contributed by atoms with Gasteiger partial charge in [0.25, 0.3) is 5.92 Å². The lowest BCUT2D eigenvalue weighted by atomic mass is 9.99.